The SMILES string of the molecule is CC1CCC(N(C)c2nc(NN)nc3sccc23)CC1. The Labute approximate surface area is 123 Å². The Hall–Kier alpha value is -1.40. The van der Waals surface area contributed by atoms with Crippen molar-refractivity contribution in [1.82, 2.24) is 9.97 Å². The lowest BCUT2D eigenvalue weighted by Gasteiger charge is -2.34. The average Bonchev–Trinajstić information content (AvgIpc) is 2.94. The number of nitrogen functional groups attached to an aromatic ring is 1. The number of fused-ring (bicyclic) bond motifs is 1. The summed E-state index contributed by atoms with van der Waals surface area (Å²) in [5.74, 6) is 7.82. The number of nitrogens with zero attached hydrogens (tertiary/aromatic N) is 3. The molecule has 2 heterocycles. The van der Waals surface area contributed by atoms with Crippen molar-refractivity contribution in [3.05, 3.63) is 11.4 Å². The summed E-state index contributed by atoms with van der Waals surface area (Å²) < 4.78 is 0. The Morgan fingerprint density at radius 2 is 2.05 bits per heavy atom. The molecule has 1 aliphatic carbocycles. The number of rotatable bonds is 3. The Balaban J connectivity index is 1.93. The molecular formula is C14H21N5S. The number of nitrogens with one attached hydrogen (secondary N) is 1. The second-order valence-corrected chi connectivity index (χ2v) is 6.57. The molecule has 0 atom stereocenters. The minimum Gasteiger partial charge on any atom is -0.356 e. The molecule has 0 radical (unpaired) electrons. The van der Waals surface area contributed by atoms with Crippen molar-refractivity contribution < 1.29 is 0 Å². The van der Waals surface area contributed by atoms with E-state index in [9.17, 15) is 0 Å². The van der Waals surface area contributed by atoms with Crippen molar-refractivity contribution in [1.29, 1.82) is 0 Å². The standard InChI is InChI=1S/C14H21N5S/c1-9-3-5-10(6-4-9)19(2)12-11-7-8-20-13(11)17-14(16-12)18-15/h7-10H,3-6,15H2,1-2H3,(H,16,17,18). The van der Waals surface area contributed by atoms with Crippen LogP contribution in [-0.4, -0.2) is 23.1 Å². The molecule has 2 aromatic heterocycles. The molecule has 5 nitrogen and oxygen atoms in total. The predicted molar refractivity (Wildman–Crippen MR) is 85.0 cm³/mol. The molecule has 1 aliphatic rings. The number of hydrazine groups is 1. The van der Waals surface area contributed by atoms with Crippen LogP contribution in [0, 0.1) is 5.92 Å². The van der Waals surface area contributed by atoms with Gasteiger partial charge in [0.15, 0.2) is 0 Å². The number of nitrogens with two attached hydrogens (primary N) is 1. The summed E-state index contributed by atoms with van der Waals surface area (Å²) >= 11 is 1.62. The van der Waals surface area contributed by atoms with Gasteiger partial charge in [0.2, 0.25) is 5.95 Å². The third-order valence-electron chi connectivity index (χ3n) is 4.30. The summed E-state index contributed by atoms with van der Waals surface area (Å²) in [6, 6.07) is 2.66. The zero-order chi connectivity index (χ0) is 14.1. The van der Waals surface area contributed by atoms with Crippen LogP contribution in [0.15, 0.2) is 11.4 Å². The molecule has 1 fully saturated rings. The molecule has 0 amide bonds. The van der Waals surface area contributed by atoms with E-state index in [2.05, 4.69) is 45.7 Å². The van der Waals surface area contributed by atoms with Crippen LogP contribution < -0.4 is 16.2 Å². The summed E-state index contributed by atoms with van der Waals surface area (Å²) in [5.41, 5.74) is 2.57. The molecule has 108 valence electrons. The normalized spacial score (nSPS) is 22.9. The van der Waals surface area contributed by atoms with Crippen LogP contribution in [0.2, 0.25) is 0 Å². The third-order valence-corrected chi connectivity index (χ3v) is 5.11. The fourth-order valence-electron chi connectivity index (χ4n) is 2.98. The topological polar surface area (TPSA) is 67.1 Å². The van der Waals surface area contributed by atoms with Crippen LogP contribution in [0.3, 0.4) is 0 Å². The first-order valence-electron chi connectivity index (χ1n) is 7.13. The Kier molecular flexibility index (Phi) is 3.76. The van der Waals surface area contributed by atoms with Gasteiger partial charge in [-0.05, 0) is 43.0 Å². The molecule has 0 bridgehead atoms. The van der Waals surface area contributed by atoms with Crippen molar-refractivity contribution in [3.8, 4) is 0 Å². The molecule has 0 saturated heterocycles. The zero-order valence-corrected chi connectivity index (χ0v) is 12.8. The van der Waals surface area contributed by atoms with Crippen molar-refractivity contribution >= 4 is 33.3 Å². The fourth-order valence-corrected chi connectivity index (χ4v) is 3.73. The summed E-state index contributed by atoms with van der Waals surface area (Å²) in [6.07, 6.45) is 5.07. The summed E-state index contributed by atoms with van der Waals surface area (Å²) in [7, 11) is 2.14. The third kappa shape index (κ3) is 2.45. The lowest BCUT2D eigenvalue weighted by Crippen LogP contribution is -2.35. The van der Waals surface area contributed by atoms with Crippen LogP contribution >= 0.6 is 11.3 Å². The molecule has 20 heavy (non-hydrogen) atoms. The first-order valence-corrected chi connectivity index (χ1v) is 8.01. The van der Waals surface area contributed by atoms with Gasteiger partial charge in [-0.2, -0.15) is 4.98 Å². The monoisotopic (exact) mass is 291 g/mol. The van der Waals surface area contributed by atoms with Gasteiger partial charge in [-0.1, -0.05) is 6.92 Å². The highest BCUT2D eigenvalue weighted by Gasteiger charge is 2.24. The molecule has 0 spiro atoms. The Morgan fingerprint density at radius 1 is 1.30 bits per heavy atom. The van der Waals surface area contributed by atoms with Gasteiger partial charge in [-0.3, -0.25) is 5.43 Å². The van der Waals surface area contributed by atoms with Crippen LogP contribution in [0.25, 0.3) is 10.2 Å². The van der Waals surface area contributed by atoms with Gasteiger partial charge in [-0.25, -0.2) is 10.8 Å². The number of thiophene rings is 1. The maximum absolute atomic E-state index is 5.49. The number of hydrogen-bond acceptors (Lipinski definition) is 6. The predicted octanol–water partition coefficient (Wildman–Crippen LogP) is 2.99. The minimum atomic E-state index is 0.492. The first kappa shape index (κ1) is 13.6. The van der Waals surface area contributed by atoms with E-state index in [1.165, 1.54) is 25.7 Å². The van der Waals surface area contributed by atoms with Crippen molar-refractivity contribution in [2.24, 2.45) is 11.8 Å². The quantitative estimate of drug-likeness (QED) is 0.672. The van der Waals surface area contributed by atoms with E-state index in [-0.39, 0.29) is 0 Å². The highest BCUT2D eigenvalue weighted by molar-refractivity contribution is 7.16. The highest BCUT2D eigenvalue weighted by atomic mass is 32.1. The van der Waals surface area contributed by atoms with Gasteiger partial charge < -0.3 is 4.90 Å². The zero-order valence-electron chi connectivity index (χ0n) is 12.0. The number of hydrogen-bond donors (Lipinski definition) is 2. The molecule has 6 heteroatoms. The largest absolute Gasteiger partial charge is 0.356 e. The summed E-state index contributed by atoms with van der Waals surface area (Å²) in [4.78, 5) is 12.3. The fraction of sp³-hybridized carbons (Fsp3) is 0.571. The molecule has 3 rings (SSSR count). The molecule has 0 unspecified atom stereocenters. The van der Waals surface area contributed by atoms with E-state index in [0.29, 0.717) is 12.0 Å². The molecular weight excluding hydrogens is 270 g/mol. The average molecular weight is 291 g/mol. The van der Waals surface area contributed by atoms with Gasteiger partial charge in [0.25, 0.3) is 0 Å². The minimum absolute atomic E-state index is 0.492. The van der Waals surface area contributed by atoms with Crippen molar-refractivity contribution in [2.45, 2.75) is 38.6 Å². The molecule has 0 aliphatic heterocycles. The van der Waals surface area contributed by atoms with E-state index in [0.717, 1.165) is 22.0 Å². The van der Waals surface area contributed by atoms with E-state index in [1.54, 1.807) is 11.3 Å². The molecule has 0 aromatic carbocycles. The van der Waals surface area contributed by atoms with E-state index >= 15 is 0 Å². The van der Waals surface area contributed by atoms with Crippen LogP contribution in [0.5, 0.6) is 0 Å². The van der Waals surface area contributed by atoms with Gasteiger partial charge in [0.1, 0.15) is 10.6 Å². The molecule has 3 N–H and O–H groups in total. The van der Waals surface area contributed by atoms with Gasteiger partial charge in [-0.15, -0.1) is 11.3 Å². The summed E-state index contributed by atoms with van der Waals surface area (Å²) in [6.45, 7) is 2.34. The number of aromatic nitrogens is 2. The first-order chi connectivity index (χ1) is 9.69. The van der Waals surface area contributed by atoms with Gasteiger partial charge in [0.05, 0.1) is 5.39 Å². The Bertz CT molecular complexity index is 588. The second kappa shape index (κ2) is 5.54. The van der Waals surface area contributed by atoms with Crippen LogP contribution in [-0.2, 0) is 0 Å². The van der Waals surface area contributed by atoms with E-state index < -0.39 is 0 Å². The summed E-state index contributed by atoms with van der Waals surface area (Å²) in [5, 5.41) is 3.18. The van der Waals surface area contributed by atoms with Crippen LogP contribution in [0.1, 0.15) is 32.6 Å². The molecule has 1 saturated carbocycles. The lowest BCUT2D eigenvalue weighted by atomic mass is 9.87. The highest BCUT2D eigenvalue weighted by Crippen LogP contribution is 2.33. The van der Waals surface area contributed by atoms with Crippen molar-refractivity contribution in [2.75, 3.05) is 17.4 Å². The van der Waals surface area contributed by atoms with Crippen LogP contribution in [0.4, 0.5) is 11.8 Å². The number of anilines is 2. The maximum Gasteiger partial charge on any atom is 0.240 e. The van der Waals surface area contributed by atoms with Gasteiger partial charge in [0, 0.05) is 13.1 Å². The van der Waals surface area contributed by atoms with E-state index in [1.807, 2.05) is 0 Å². The molecule has 2 aromatic rings. The van der Waals surface area contributed by atoms with Gasteiger partial charge >= 0.3 is 0 Å². The van der Waals surface area contributed by atoms with Crippen molar-refractivity contribution in [3.63, 3.8) is 0 Å². The maximum atomic E-state index is 5.49. The Morgan fingerprint density at radius 3 is 2.75 bits per heavy atom. The smallest absolute Gasteiger partial charge is 0.240 e. The van der Waals surface area contributed by atoms with E-state index in [4.69, 9.17) is 5.84 Å². The lowest BCUT2D eigenvalue weighted by molar-refractivity contribution is 0.340. The second-order valence-electron chi connectivity index (χ2n) is 5.68.